The average Bonchev–Trinajstić information content (AvgIpc) is 2.81. The molecule has 0 unspecified atom stereocenters. The largest absolute Gasteiger partial charge is 1.00 e. The molecule has 0 fully saturated rings. The molecule has 0 aliphatic carbocycles. The van der Waals surface area contributed by atoms with E-state index in [9.17, 15) is 9.59 Å². The Morgan fingerprint density at radius 2 is 1.20 bits per heavy atom. The third-order valence-electron chi connectivity index (χ3n) is 3.75. The summed E-state index contributed by atoms with van der Waals surface area (Å²) in [6.45, 7) is 2.30. The zero-order valence-electron chi connectivity index (χ0n) is 20.2. The Labute approximate surface area is 217 Å². The van der Waals surface area contributed by atoms with Crippen molar-refractivity contribution in [3.05, 3.63) is 47.5 Å². The van der Waals surface area contributed by atoms with E-state index in [4.69, 9.17) is 38.3 Å². The SMILES string of the molecule is C.CCOC(=O)c1ccc(OCOC)c(OC)c1.COCOc1ccc(C(=O)O)cc1OC.[Li+].[OH-]. The molecule has 0 saturated carbocycles. The molecule has 0 bridgehead atoms. The van der Waals surface area contributed by atoms with E-state index in [1.165, 1.54) is 46.6 Å². The Balaban J connectivity index is -0.000000542. The molecule has 0 spiro atoms. The zero-order valence-corrected chi connectivity index (χ0v) is 20.2. The van der Waals surface area contributed by atoms with E-state index in [1.807, 2.05) is 0 Å². The first-order chi connectivity index (χ1) is 15.4. The molecular formula is C23H33LiO11. The smallest absolute Gasteiger partial charge is 0.870 e. The predicted octanol–water partition coefficient (Wildman–Crippen LogP) is 0.694. The van der Waals surface area contributed by atoms with Gasteiger partial charge in [0, 0.05) is 14.2 Å². The van der Waals surface area contributed by atoms with Gasteiger partial charge in [0.05, 0.1) is 32.0 Å². The van der Waals surface area contributed by atoms with Crippen LogP contribution in [0.4, 0.5) is 0 Å². The van der Waals surface area contributed by atoms with E-state index < -0.39 is 5.97 Å². The summed E-state index contributed by atoms with van der Waals surface area (Å²) >= 11 is 0. The van der Waals surface area contributed by atoms with Crippen LogP contribution >= 0.6 is 0 Å². The van der Waals surface area contributed by atoms with Crippen LogP contribution in [-0.2, 0) is 14.2 Å². The number of aromatic carboxylic acids is 1. The molecule has 0 heterocycles. The molecule has 0 saturated heterocycles. The maximum atomic E-state index is 11.5. The second-order valence-electron chi connectivity index (χ2n) is 5.86. The van der Waals surface area contributed by atoms with Crippen LogP contribution in [0.15, 0.2) is 36.4 Å². The van der Waals surface area contributed by atoms with Gasteiger partial charge in [-0.25, -0.2) is 9.59 Å². The second kappa shape index (κ2) is 20.4. The van der Waals surface area contributed by atoms with E-state index in [1.54, 1.807) is 25.1 Å². The molecule has 0 aliphatic heterocycles. The van der Waals surface area contributed by atoms with Crippen molar-refractivity contribution < 1.29 is 72.2 Å². The third kappa shape index (κ3) is 12.4. The maximum absolute atomic E-state index is 11.5. The molecule has 0 atom stereocenters. The molecule has 35 heavy (non-hydrogen) atoms. The van der Waals surface area contributed by atoms with E-state index >= 15 is 0 Å². The van der Waals surface area contributed by atoms with E-state index in [0.717, 1.165) is 0 Å². The predicted molar refractivity (Wildman–Crippen MR) is 123 cm³/mol. The topological polar surface area (TPSA) is 149 Å². The molecule has 0 aliphatic rings. The summed E-state index contributed by atoms with van der Waals surface area (Å²) < 4.78 is 35.0. The van der Waals surface area contributed by atoms with Crippen molar-refractivity contribution in [1.82, 2.24) is 0 Å². The van der Waals surface area contributed by atoms with Gasteiger partial charge in [-0.1, -0.05) is 7.43 Å². The summed E-state index contributed by atoms with van der Waals surface area (Å²) in [6, 6.07) is 9.20. The van der Waals surface area contributed by atoms with Crippen molar-refractivity contribution in [1.29, 1.82) is 0 Å². The number of ether oxygens (including phenoxy) is 7. The number of hydrogen-bond acceptors (Lipinski definition) is 10. The Bertz CT molecular complexity index is 875. The van der Waals surface area contributed by atoms with Crippen LogP contribution in [0.3, 0.4) is 0 Å². The van der Waals surface area contributed by atoms with Gasteiger partial charge in [0.2, 0.25) is 0 Å². The number of benzene rings is 2. The number of rotatable bonds is 11. The molecule has 0 amide bonds. The minimum absolute atomic E-state index is 0. The maximum Gasteiger partial charge on any atom is 1.00 e. The van der Waals surface area contributed by atoms with Gasteiger partial charge >= 0.3 is 30.8 Å². The van der Waals surface area contributed by atoms with E-state index in [2.05, 4.69) is 0 Å². The first-order valence-corrected chi connectivity index (χ1v) is 9.41. The molecule has 0 aromatic heterocycles. The third-order valence-corrected chi connectivity index (χ3v) is 3.75. The van der Waals surface area contributed by atoms with Crippen molar-refractivity contribution in [3.8, 4) is 23.0 Å². The minimum atomic E-state index is -1.01. The number of carbonyl (C=O) groups is 2. The molecule has 11 nitrogen and oxygen atoms in total. The molecule has 2 aromatic carbocycles. The second-order valence-corrected chi connectivity index (χ2v) is 5.86. The van der Waals surface area contributed by atoms with Crippen LogP contribution in [0.5, 0.6) is 23.0 Å². The molecule has 192 valence electrons. The van der Waals surface area contributed by atoms with Crippen molar-refractivity contribution in [2.24, 2.45) is 0 Å². The van der Waals surface area contributed by atoms with Crippen molar-refractivity contribution >= 4 is 11.9 Å². The summed E-state index contributed by atoms with van der Waals surface area (Å²) in [5.41, 5.74) is 0.574. The van der Waals surface area contributed by atoms with E-state index in [0.29, 0.717) is 35.2 Å². The van der Waals surface area contributed by atoms with Crippen molar-refractivity contribution in [3.63, 3.8) is 0 Å². The van der Waals surface area contributed by atoms with Crippen molar-refractivity contribution in [2.45, 2.75) is 14.4 Å². The average molecular weight is 492 g/mol. The van der Waals surface area contributed by atoms with Crippen LogP contribution in [-0.4, -0.2) is 71.2 Å². The van der Waals surface area contributed by atoms with Gasteiger partial charge in [0.15, 0.2) is 36.6 Å². The number of carboxylic acids is 1. The van der Waals surface area contributed by atoms with E-state index in [-0.39, 0.29) is 56.9 Å². The Hall–Kier alpha value is -2.94. The Morgan fingerprint density at radius 3 is 1.57 bits per heavy atom. The number of carbonyl (C=O) groups excluding carboxylic acids is 1. The quantitative estimate of drug-likeness (QED) is 0.268. The van der Waals surface area contributed by atoms with Gasteiger partial charge in [-0.2, -0.15) is 0 Å². The summed E-state index contributed by atoms with van der Waals surface area (Å²) in [4.78, 5) is 22.2. The standard InChI is InChI=1S/C12H16O5.C10H12O5.CH4.Li.H2O/c1-4-16-12(13)9-5-6-10(17-8-14-2)11(7-9)15-3;1-13-6-15-8-4-3-7(10(11)12)5-9(8)14-2;;;/h5-7H,4,8H2,1-3H3;3-5H,6H2,1-2H3,(H,11,12);1H4;;1H2/q;;;+1;/p-1. The van der Waals surface area contributed by atoms with Gasteiger partial charge in [-0.05, 0) is 43.3 Å². The van der Waals surface area contributed by atoms with Crippen LogP contribution in [0.2, 0.25) is 0 Å². The van der Waals surface area contributed by atoms with Gasteiger partial charge in [-0.15, -0.1) is 0 Å². The van der Waals surface area contributed by atoms with Crippen LogP contribution in [0, 0.1) is 0 Å². The molecule has 2 aromatic rings. The Kier molecular flexibility index (Phi) is 21.4. The monoisotopic (exact) mass is 492 g/mol. The fourth-order valence-electron chi connectivity index (χ4n) is 2.29. The summed E-state index contributed by atoms with van der Waals surface area (Å²) in [5, 5.41) is 8.75. The molecule has 2 rings (SSSR count). The van der Waals surface area contributed by atoms with Crippen LogP contribution < -0.4 is 37.8 Å². The molecule has 0 radical (unpaired) electrons. The fraction of sp³-hybridized carbons (Fsp3) is 0.391. The zero-order chi connectivity index (χ0) is 23.9. The van der Waals surface area contributed by atoms with Gasteiger partial charge < -0.3 is 43.7 Å². The number of hydrogen-bond donors (Lipinski definition) is 1. The number of carboxylic acid groups (broad SMARTS) is 1. The fourth-order valence-corrected chi connectivity index (χ4v) is 2.29. The number of esters is 1. The normalized spacial score (nSPS) is 8.94. The summed E-state index contributed by atoms with van der Waals surface area (Å²) in [6.07, 6.45) is 0. The first-order valence-electron chi connectivity index (χ1n) is 9.41. The van der Waals surface area contributed by atoms with Gasteiger partial charge in [0.1, 0.15) is 0 Å². The van der Waals surface area contributed by atoms with Crippen LogP contribution in [0.25, 0.3) is 0 Å². The van der Waals surface area contributed by atoms with Crippen molar-refractivity contribution in [2.75, 3.05) is 48.6 Å². The molecular weight excluding hydrogens is 459 g/mol. The van der Waals surface area contributed by atoms with Gasteiger partial charge in [0.25, 0.3) is 0 Å². The van der Waals surface area contributed by atoms with Gasteiger partial charge in [-0.3, -0.25) is 0 Å². The summed E-state index contributed by atoms with van der Waals surface area (Å²) in [5.74, 6) is 0.405. The van der Waals surface area contributed by atoms with Crippen LogP contribution in [0.1, 0.15) is 35.1 Å². The minimum Gasteiger partial charge on any atom is -0.870 e. The summed E-state index contributed by atoms with van der Waals surface area (Å²) in [7, 11) is 5.97. The molecule has 2 N–H and O–H groups in total. The number of methoxy groups -OCH3 is 4. The Morgan fingerprint density at radius 1 is 0.771 bits per heavy atom. The first kappa shape index (κ1) is 36.6. The molecule has 12 heteroatoms.